The number of hydrogen-bond donors (Lipinski definition) is 1. The molecule has 0 saturated heterocycles. The quantitative estimate of drug-likeness (QED) is 0.816. The van der Waals surface area contributed by atoms with Crippen LogP contribution in [0.3, 0.4) is 0 Å². The minimum absolute atomic E-state index is 0.226. The van der Waals surface area contributed by atoms with E-state index in [2.05, 4.69) is 0 Å². The zero-order valence-corrected chi connectivity index (χ0v) is 9.46. The monoisotopic (exact) mass is 231 g/mol. The highest BCUT2D eigenvalue weighted by atomic mass is 32.2. The highest BCUT2D eigenvalue weighted by Gasteiger charge is 2.23. The van der Waals surface area contributed by atoms with E-state index in [1.807, 2.05) is 6.07 Å². The van der Waals surface area contributed by atoms with Crippen molar-refractivity contribution in [2.45, 2.75) is 18.6 Å². The number of sulfone groups is 1. The van der Waals surface area contributed by atoms with E-state index in [9.17, 15) is 8.42 Å². The summed E-state index contributed by atoms with van der Waals surface area (Å²) in [6.45, 7) is 0.631. The molecule has 0 spiro atoms. The summed E-state index contributed by atoms with van der Waals surface area (Å²) in [4.78, 5) is 2.46. The third kappa shape index (κ3) is 1.99. The summed E-state index contributed by atoms with van der Waals surface area (Å²) in [6.07, 6.45) is 1.55. The van der Waals surface area contributed by atoms with Gasteiger partial charge in [-0.1, -0.05) is 0 Å². The first-order valence-corrected chi connectivity index (χ1v) is 7.25. The van der Waals surface area contributed by atoms with E-state index in [1.165, 1.54) is 9.75 Å². The summed E-state index contributed by atoms with van der Waals surface area (Å²) in [7, 11) is -2.82. The van der Waals surface area contributed by atoms with Crippen LogP contribution in [0.2, 0.25) is 0 Å². The van der Waals surface area contributed by atoms with Crippen molar-refractivity contribution in [3.05, 3.63) is 21.4 Å². The number of aryl methyl sites for hydroxylation is 1. The molecule has 5 heteroatoms. The van der Waals surface area contributed by atoms with Gasteiger partial charge in [0.15, 0.2) is 9.84 Å². The van der Waals surface area contributed by atoms with Gasteiger partial charge in [-0.05, 0) is 31.0 Å². The lowest BCUT2D eigenvalue weighted by atomic mass is 10.2. The lowest BCUT2D eigenvalue weighted by Gasteiger charge is -2.10. The molecule has 0 amide bonds. The molecule has 0 aliphatic carbocycles. The molecule has 3 nitrogen and oxygen atoms in total. The SMILES string of the molecule is NCCc1cc2c(s1)CCS(=O)(=O)C2. The maximum atomic E-state index is 11.4. The summed E-state index contributed by atoms with van der Waals surface area (Å²) in [6, 6.07) is 2.00. The molecular weight excluding hydrogens is 218 g/mol. The first-order chi connectivity index (χ1) is 6.61. The highest BCUT2D eigenvalue weighted by molar-refractivity contribution is 7.90. The highest BCUT2D eigenvalue weighted by Crippen LogP contribution is 2.29. The first-order valence-electron chi connectivity index (χ1n) is 4.62. The number of fused-ring (bicyclic) bond motifs is 1. The Morgan fingerprint density at radius 3 is 3.00 bits per heavy atom. The van der Waals surface area contributed by atoms with E-state index >= 15 is 0 Å². The molecule has 78 valence electrons. The molecule has 2 N–H and O–H groups in total. The van der Waals surface area contributed by atoms with Gasteiger partial charge in [0, 0.05) is 9.75 Å². The van der Waals surface area contributed by atoms with Crippen LogP contribution in [0.25, 0.3) is 0 Å². The van der Waals surface area contributed by atoms with Gasteiger partial charge in [-0.15, -0.1) is 11.3 Å². The Morgan fingerprint density at radius 1 is 1.50 bits per heavy atom. The van der Waals surface area contributed by atoms with E-state index in [0.29, 0.717) is 18.7 Å². The van der Waals surface area contributed by atoms with Gasteiger partial charge < -0.3 is 5.73 Å². The van der Waals surface area contributed by atoms with E-state index < -0.39 is 9.84 Å². The van der Waals surface area contributed by atoms with Crippen LogP contribution in [-0.2, 0) is 28.4 Å². The van der Waals surface area contributed by atoms with Gasteiger partial charge >= 0.3 is 0 Å². The molecule has 2 rings (SSSR count). The lowest BCUT2D eigenvalue weighted by molar-refractivity contribution is 0.592. The van der Waals surface area contributed by atoms with Crippen molar-refractivity contribution in [2.24, 2.45) is 5.73 Å². The molecular formula is C9H13NO2S2. The topological polar surface area (TPSA) is 60.2 Å². The van der Waals surface area contributed by atoms with Crippen LogP contribution >= 0.6 is 11.3 Å². The van der Waals surface area contributed by atoms with Crippen LogP contribution < -0.4 is 5.73 Å². The standard InChI is InChI=1S/C9H13NO2S2/c10-3-1-8-5-7-6-14(11,12)4-2-9(7)13-8/h5H,1-4,6,10H2. The smallest absolute Gasteiger partial charge is 0.154 e. The predicted molar refractivity (Wildman–Crippen MR) is 58.3 cm³/mol. The molecule has 0 saturated carbocycles. The van der Waals surface area contributed by atoms with Gasteiger partial charge in [-0.2, -0.15) is 0 Å². The average Bonchev–Trinajstić information content (AvgIpc) is 2.45. The summed E-state index contributed by atoms with van der Waals surface area (Å²) in [5.41, 5.74) is 6.46. The fourth-order valence-electron chi connectivity index (χ4n) is 1.68. The third-order valence-corrected chi connectivity index (χ3v) is 5.23. The van der Waals surface area contributed by atoms with Gasteiger partial charge in [0.2, 0.25) is 0 Å². The van der Waals surface area contributed by atoms with E-state index in [4.69, 9.17) is 5.73 Å². The second-order valence-electron chi connectivity index (χ2n) is 3.54. The molecule has 0 fully saturated rings. The van der Waals surface area contributed by atoms with E-state index in [-0.39, 0.29) is 5.75 Å². The molecule has 1 aliphatic heterocycles. The molecule has 1 aromatic rings. The van der Waals surface area contributed by atoms with Crippen molar-refractivity contribution in [2.75, 3.05) is 12.3 Å². The third-order valence-electron chi connectivity index (χ3n) is 2.35. The molecule has 1 aliphatic rings. The Bertz CT molecular complexity index is 434. The Labute approximate surface area is 87.9 Å². The van der Waals surface area contributed by atoms with Gasteiger partial charge in [0.05, 0.1) is 11.5 Å². The van der Waals surface area contributed by atoms with Crippen molar-refractivity contribution >= 4 is 21.2 Å². The molecule has 0 bridgehead atoms. The van der Waals surface area contributed by atoms with Crippen molar-refractivity contribution < 1.29 is 8.42 Å². The number of hydrogen-bond acceptors (Lipinski definition) is 4. The first kappa shape index (κ1) is 10.1. The maximum absolute atomic E-state index is 11.4. The van der Waals surface area contributed by atoms with Crippen LogP contribution in [-0.4, -0.2) is 20.7 Å². The second kappa shape index (κ2) is 3.64. The molecule has 0 atom stereocenters. The van der Waals surface area contributed by atoms with E-state index in [1.54, 1.807) is 11.3 Å². The summed E-state index contributed by atoms with van der Waals surface area (Å²) in [5.74, 6) is 0.534. The summed E-state index contributed by atoms with van der Waals surface area (Å²) in [5, 5.41) is 0. The van der Waals surface area contributed by atoms with Crippen LogP contribution in [0.15, 0.2) is 6.07 Å². The minimum Gasteiger partial charge on any atom is -0.330 e. The fourth-order valence-corrected chi connectivity index (χ4v) is 4.50. The Hall–Kier alpha value is -0.390. The summed E-state index contributed by atoms with van der Waals surface area (Å²) >= 11 is 1.72. The van der Waals surface area contributed by atoms with Crippen LogP contribution in [0.5, 0.6) is 0 Å². The van der Waals surface area contributed by atoms with Crippen molar-refractivity contribution in [1.82, 2.24) is 0 Å². The van der Waals surface area contributed by atoms with Crippen molar-refractivity contribution in [3.8, 4) is 0 Å². The van der Waals surface area contributed by atoms with Gasteiger partial charge in [-0.25, -0.2) is 8.42 Å². The molecule has 0 aromatic carbocycles. The van der Waals surface area contributed by atoms with Gasteiger partial charge in [-0.3, -0.25) is 0 Å². The fraction of sp³-hybridized carbons (Fsp3) is 0.556. The molecule has 14 heavy (non-hydrogen) atoms. The van der Waals surface area contributed by atoms with Crippen LogP contribution in [0, 0.1) is 0 Å². The van der Waals surface area contributed by atoms with E-state index in [0.717, 1.165) is 12.0 Å². The Kier molecular flexibility index (Phi) is 2.64. The molecule has 0 unspecified atom stereocenters. The van der Waals surface area contributed by atoms with Crippen molar-refractivity contribution in [1.29, 1.82) is 0 Å². The number of nitrogens with two attached hydrogens (primary N) is 1. The zero-order valence-electron chi connectivity index (χ0n) is 7.82. The molecule has 1 aromatic heterocycles. The van der Waals surface area contributed by atoms with Crippen LogP contribution in [0.4, 0.5) is 0 Å². The second-order valence-corrected chi connectivity index (χ2v) is 6.95. The normalized spacial score (nSPS) is 19.2. The lowest BCUT2D eigenvalue weighted by Crippen LogP contribution is -2.16. The predicted octanol–water partition coefficient (Wildman–Crippen LogP) is 0.720. The largest absolute Gasteiger partial charge is 0.330 e. The Morgan fingerprint density at radius 2 is 2.29 bits per heavy atom. The molecule has 2 heterocycles. The Balaban J connectivity index is 2.30. The van der Waals surface area contributed by atoms with Gasteiger partial charge in [0.25, 0.3) is 0 Å². The van der Waals surface area contributed by atoms with Crippen LogP contribution in [0.1, 0.15) is 15.3 Å². The minimum atomic E-state index is -2.82. The average molecular weight is 231 g/mol. The zero-order chi connectivity index (χ0) is 10.2. The maximum Gasteiger partial charge on any atom is 0.154 e. The molecule has 0 radical (unpaired) electrons. The summed E-state index contributed by atoms with van der Waals surface area (Å²) < 4.78 is 22.7. The number of thiophene rings is 1. The number of rotatable bonds is 2. The van der Waals surface area contributed by atoms with Crippen molar-refractivity contribution in [3.63, 3.8) is 0 Å². The van der Waals surface area contributed by atoms with Gasteiger partial charge in [0.1, 0.15) is 0 Å².